The summed E-state index contributed by atoms with van der Waals surface area (Å²) in [6.45, 7) is 4.78. The van der Waals surface area contributed by atoms with E-state index in [1.807, 2.05) is 42.2 Å². The van der Waals surface area contributed by atoms with Crippen molar-refractivity contribution in [2.24, 2.45) is 5.73 Å². The quantitative estimate of drug-likeness (QED) is 0.629. The van der Waals surface area contributed by atoms with Gasteiger partial charge in [0.05, 0.1) is 5.69 Å². The van der Waals surface area contributed by atoms with Gasteiger partial charge < -0.3 is 16.0 Å². The fourth-order valence-corrected chi connectivity index (χ4v) is 4.14. The molecule has 32 heavy (non-hydrogen) atoms. The minimum Gasteiger partial charge on any atom is -0.366 e. The molecule has 7 heteroatoms. The molecule has 7 nitrogen and oxygen atoms in total. The van der Waals surface area contributed by atoms with Crippen LogP contribution >= 0.6 is 0 Å². The number of aromatic nitrogens is 2. The number of rotatable bonds is 5. The van der Waals surface area contributed by atoms with Gasteiger partial charge in [0, 0.05) is 41.2 Å². The van der Waals surface area contributed by atoms with Gasteiger partial charge in [-0.3, -0.25) is 9.59 Å². The SMILES string of the molecule is Cc1c(C(N)=O)cccc1-c1ccnc(Nc2ccc(C(=O)N3CCCCC3C)cc2)n1. The molecule has 1 atom stereocenters. The van der Waals surface area contributed by atoms with E-state index in [1.54, 1.807) is 24.4 Å². The van der Waals surface area contributed by atoms with Crippen molar-refractivity contribution in [1.29, 1.82) is 0 Å². The Morgan fingerprint density at radius 2 is 1.88 bits per heavy atom. The molecule has 2 heterocycles. The maximum absolute atomic E-state index is 12.8. The van der Waals surface area contributed by atoms with Crippen LogP contribution in [0.3, 0.4) is 0 Å². The van der Waals surface area contributed by atoms with E-state index in [1.165, 1.54) is 6.42 Å². The van der Waals surface area contributed by atoms with Crippen molar-refractivity contribution in [2.75, 3.05) is 11.9 Å². The number of nitrogens with zero attached hydrogens (tertiary/aromatic N) is 3. The highest BCUT2D eigenvalue weighted by Crippen LogP contribution is 2.26. The molecule has 1 aliphatic rings. The van der Waals surface area contributed by atoms with Gasteiger partial charge in [0.2, 0.25) is 11.9 Å². The first-order chi connectivity index (χ1) is 15.4. The van der Waals surface area contributed by atoms with Crippen molar-refractivity contribution < 1.29 is 9.59 Å². The molecule has 3 aromatic rings. The Labute approximate surface area is 187 Å². The average Bonchev–Trinajstić information content (AvgIpc) is 2.79. The van der Waals surface area contributed by atoms with Gasteiger partial charge in [-0.15, -0.1) is 0 Å². The lowest BCUT2D eigenvalue weighted by molar-refractivity contribution is 0.0635. The highest BCUT2D eigenvalue weighted by atomic mass is 16.2. The van der Waals surface area contributed by atoms with Crippen LogP contribution in [0.2, 0.25) is 0 Å². The van der Waals surface area contributed by atoms with E-state index in [2.05, 4.69) is 22.2 Å². The highest BCUT2D eigenvalue weighted by Gasteiger charge is 2.24. The topological polar surface area (TPSA) is 101 Å². The Hall–Kier alpha value is -3.74. The van der Waals surface area contributed by atoms with Crippen LogP contribution in [0.15, 0.2) is 54.7 Å². The van der Waals surface area contributed by atoms with E-state index in [9.17, 15) is 9.59 Å². The van der Waals surface area contributed by atoms with Crippen LogP contribution in [0.5, 0.6) is 0 Å². The summed E-state index contributed by atoms with van der Waals surface area (Å²) in [4.78, 5) is 35.3. The Bertz CT molecular complexity index is 1140. The summed E-state index contributed by atoms with van der Waals surface area (Å²) in [7, 11) is 0. The molecular formula is C25H27N5O2. The van der Waals surface area contributed by atoms with Gasteiger partial charge in [-0.05, 0) is 75.1 Å². The van der Waals surface area contributed by atoms with Crippen LogP contribution in [-0.4, -0.2) is 39.3 Å². The molecule has 164 valence electrons. The molecule has 1 aromatic heterocycles. The van der Waals surface area contributed by atoms with Crippen molar-refractivity contribution >= 4 is 23.5 Å². The summed E-state index contributed by atoms with van der Waals surface area (Å²) in [5, 5.41) is 3.19. The van der Waals surface area contributed by atoms with Crippen molar-refractivity contribution in [3.63, 3.8) is 0 Å². The van der Waals surface area contributed by atoms with Crippen molar-refractivity contribution in [3.05, 3.63) is 71.4 Å². The second-order valence-electron chi connectivity index (χ2n) is 8.15. The summed E-state index contributed by atoms with van der Waals surface area (Å²) >= 11 is 0. The number of primary amides is 1. The zero-order valence-corrected chi connectivity index (χ0v) is 18.3. The lowest BCUT2D eigenvalue weighted by Crippen LogP contribution is -2.41. The van der Waals surface area contributed by atoms with E-state index < -0.39 is 5.91 Å². The maximum Gasteiger partial charge on any atom is 0.254 e. The lowest BCUT2D eigenvalue weighted by atomic mass is 9.99. The number of benzene rings is 2. The van der Waals surface area contributed by atoms with E-state index in [0.717, 1.165) is 36.2 Å². The minimum absolute atomic E-state index is 0.0757. The third-order valence-corrected chi connectivity index (χ3v) is 5.98. The Balaban J connectivity index is 1.51. The predicted molar refractivity (Wildman–Crippen MR) is 125 cm³/mol. The van der Waals surface area contributed by atoms with Gasteiger partial charge in [-0.25, -0.2) is 9.97 Å². The normalized spacial score (nSPS) is 15.9. The van der Waals surface area contributed by atoms with Crippen molar-refractivity contribution in [3.8, 4) is 11.3 Å². The number of nitrogens with one attached hydrogen (secondary N) is 1. The summed E-state index contributed by atoms with van der Waals surface area (Å²) in [5.74, 6) is 0.0345. The summed E-state index contributed by atoms with van der Waals surface area (Å²) in [5.41, 5.74) is 9.69. The van der Waals surface area contributed by atoms with Gasteiger partial charge in [-0.1, -0.05) is 12.1 Å². The number of anilines is 2. The largest absolute Gasteiger partial charge is 0.366 e. The molecule has 1 unspecified atom stereocenters. The zero-order valence-electron chi connectivity index (χ0n) is 18.3. The molecule has 1 saturated heterocycles. The summed E-state index contributed by atoms with van der Waals surface area (Å²) < 4.78 is 0. The number of carbonyl (C=O) groups is 2. The molecule has 0 bridgehead atoms. The van der Waals surface area contributed by atoms with Crippen LogP contribution in [0.4, 0.5) is 11.6 Å². The van der Waals surface area contributed by atoms with Gasteiger partial charge in [-0.2, -0.15) is 0 Å². The number of piperidine rings is 1. The van der Waals surface area contributed by atoms with Gasteiger partial charge >= 0.3 is 0 Å². The van der Waals surface area contributed by atoms with Crippen LogP contribution in [0, 0.1) is 6.92 Å². The molecule has 2 amide bonds. The fourth-order valence-electron chi connectivity index (χ4n) is 4.14. The number of carbonyl (C=O) groups excluding carboxylic acids is 2. The molecule has 0 radical (unpaired) electrons. The number of hydrogen-bond donors (Lipinski definition) is 2. The van der Waals surface area contributed by atoms with Gasteiger partial charge in [0.1, 0.15) is 0 Å². The average molecular weight is 430 g/mol. The number of hydrogen-bond acceptors (Lipinski definition) is 5. The maximum atomic E-state index is 12.8. The molecule has 1 fully saturated rings. The number of nitrogens with two attached hydrogens (primary N) is 1. The number of amides is 2. The second kappa shape index (κ2) is 9.18. The number of likely N-dealkylation sites (tertiary alicyclic amines) is 1. The first-order valence-electron chi connectivity index (χ1n) is 10.8. The fraction of sp³-hybridized carbons (Fsp3) is 0.280. The summed E-state index contributed by atoms with van der Waals surface area (Å²) in [6.07, 6.45) is 4.96. The molecule has 4 rings (SSSR count). The molecule has 0 spiro atoms. The first-order valence-corrected chi connectivity index (χ1v) is 10.8. The first kappa shape index (κ1) is 21.5. The van der Waals surface area contributed by atoms with Crippen molar-refractivity contribution in [2.45, 2.75) is 39.2 Å². The smallest absolute Gasteiger partial charge is 0.254 e. The Morgan fingerprint density at radius 3 is 2.59 bits per heavy atom. The van der Waals surface area contributed by atoms with Gasteiger partial charge in [0.15, 0.2) is 0 Å². The zero-order chi connectivity index (χ0) is 22.7. The molecule has 1 aliphatic heterocycles. The van der Waals surface area contributed by atoms with Crippen LogP contribution < -0.4 is 11.1 Å². The minimum atomic E-state index is -0.467. The Kier molecular flexibility index (Phi) is 6.16. The third-order valence-electron chi connectivity index (χ3n) is 5.98. The van der Waals surface area contributed by atoms with Crippen molar-refractivity contribution in [1.82, 2.24) is 14.9 Å². The molecule has 0 saturated carbocycles. The third kappa shape index (κ3) is 4.46. The van der Waals surface area contributed by atoms with Gasteiger partial charge in [0.25, 0.3) is 5.91 Å². The molecule has 0 aliphatic carbocycles. The highest BCUT2D eigenvalue weighted by molar-refractivity contribution is 5.96. The molecular weight excluding hydrogens is 402 g/mol. The van der Waals surface area contributed by atoms with Crippen LogP contribution in [0.1, 0.15) is 52.5 Å². The molecule has 2 aromatic carbocycles. The monoisotopic (exact) mass is 429 g/mol. The second-order valence-corrected chi connectivity index (χ2v) is 8.15. The Morgan fingerprint density at radius 1 is 1.09 bits per heavy atom. The molecule has 3 N–H and O–H groups in total. The lowest BCUT2D eigenvalue weighted by Gasteiger charge is -2.33. The standard InChI is InChI=1S/C25H27N5O2/c1-16-6-3-4-15-30(16)24(32)18-9-11-19(12-10-18)28-25-27-14-13-22(29-25)20-7-5-8-21(17(20)2)23(26)31/h5,7-14,16H,3-4,6,15H2,1-2H3,(H2,26,31)(H,27,28,29). The van der Waals surface area contributed by atoms with E-state index >= 15 is 0 Å². The summed E-state index contributed by atoms with van der Waals surface area (Å²) in [6, 6.07) is 14.8. The van der Waals surface area contributed by atoms with Crippen LogP contribution in [0.25, 0.3) is 11.3 Å². The van der Waals surface area contributed by atoms with E-state index in [-0.39, 0.29) is 11.9 Å². The van der Waals surface area contributed by atoms with E-state index in [4.69, 9.17) is 5.73 Å². The predicted octanol–water partition coefficient (Wildman–Crippen LogP) is 4.31. The van der Waals surface area contributed by atoms with E-state index in [0.29, 0.717) is 22.8 Å². The van der Waals surface area contributed by atoms with Crippen LogP contribution in [-0.2, 0) is 0 Å².